The highest BCUT2D eigenvalue weighted by molar-refractivity contribution is 5.93. The van der Waals surface area contributed by atoms with Crippen molar-refractivity contribution in [3.8, 4) is 6.07 Å². The Balaban J connectivity index is 1.68. The van der Waals surface area contributed by atoms with Crippen LogP contribution in [-0.2, 0) is 4.74 Å². The average molecular weight is 337 g/mol. The van der Waals surface area contributed by atoms with E-state index in [2.05, 4.69) is 26.7 Å². The third-order valence-electron chi connectivity index (χ3n) is 3.87. The highest BCUT2D eigenvalue weighted by Gasteiger charge is 2.17. The number of aryl methyl sites for hydroxylation is 1. The van der Waals surface area contributed by atoms with Crippen LogP contribution in [0.15, 0.2) is 30.3 Å². The quantitative estimate of drug-likeness (QED) is 0.868. The SMILES string of the molecule is Cc1nc(Nc2ccc(C#N)cc2)cc(C(=O)NCC2CCCO2)n1. The molecular formula is C18H19N5O2. The zero-order valence-electron chi connectivity index (χ0n) is 14.0. The van der Waals surface area contributed by atoms with Crippen molar-refractivity contribution < 1.29 is 9.53 Å². The molecule has 0 aliphatic carbocycles. The number of benzene rings is 1. The Kier molecular flexibility index (Phi) is 5.21. The lowest BCUT2D eigenvalue weighted by atomic mass is 10.2. The molecule has 1 saturated heterocycles. The third kappa shape index (κ3) is 4.52. The Bertz CT molecular complexity index is 792. The van der Waals surface area contributed by atoms with Crippen LogP contribution in [0.3, 0.4) is 0 Å². The summed E-state index contributed by atoms with van der Waals surface area (Å²) in [7, 11) is 0. The van der Waals surface area contributed by atoms with Gasteiger partial charge in [-0.2, -0.15) is 5.26 Å². The number of carbonyl (C=O) groups is 1. The summed E-state index contributed by atoms with van der Waals surface area (Å²) in [5, 5.41) is 14.8. The van der Waals surface area contributed by atoms with Crippen LogP contribution < -0.4 is 10.6 Å². The van der Waals surface area contributed by atoms with Crippen LogP contribution in [0.25, 0.3) is 0 Å². The van der Waals surface area contributed by atoms with Crippen molar-refractivity contribution in [2.75, 3.05) is 18.5 Å². The van der Waals surface area contributed by atoms with Crippen molar-refractivity contribution >= 4 is 17.4 Å². The lowest BCUT2D eigenvalue weighted by molar-refractivity contribution is 0.0853. The van der Waals surface area contributed by atoms with Gasteiger partial charge >= 0.3 is 0 Å². The molecule has 2 aromatic rings. The molecular weight excluding hydrogens is 318 g/mol. The van der Waals surface area contributed by atoms with E-state index in [4.69, 9.17) is 10.00 Å². The van der Waals surface area contributed by atoms with Crippen LogP contribution in [0, 0.1) is 18.3 Å². The first-order valence-corrected chi connectivity index (χ1v) is 8.17. The molecule has 2 heterocycles. The maximum absolute atomic E-state index is 12.3. The predicted octanol–water partition coefficient (Wildman–Crippen LogP) is 2.31. The van der Waals surface area contributed by atoms with E-state index in [1.165, 1.54) is 0 Å². The number of rotatable bonds is 5. The minimum absolute atomic E-state index is 0.0862. The molecule has 0 spiro atoms. The van der Waals surface area contributed by atoms with Crippen molar-refractivity contribution in [3.05, 3.63) is 47.4 Å². The van der Waals surface area contributed by atoms with Crippen molar-refractivity contribution in [1.82, 2.24) is 15.3 Å². The number of nitriles is 1. The van der Waals surface area contributed by atoms with Crippen molar-refractivity contribution in [1.29, 1.82) is 5.26 Å². The van der Waals surface area contributed by atoms with E-state index in [0.29, 0.717) is 29.4 Å². The van der Waals surface area contributed by atoms with E-state index in [0.717, 1.165) is 25.1 Å². The van der Waals surface area contributed by atoms with Gasteiger partial charge in [0, 0.05) is 24.9 Å². The summed E-state index contributed by atoms with van der Waals surface area (Å²) in [6.45, 7) is 2.98. The number of hydrogen-bond acceptors (Lipinski definition) is 6. The summed E-state index contributed by atoms with van der Waals surface area (Å²) in [5.41, 5.74) is 1.67. The fourth-order valence-corrected chi connectivity index (χ4v) is 2.63. The molecule has 1 atom stereocenters. The maximum atomic E-state index is 12.3. The maximum Gasteiger partial charge on any atom is 0.270 e. The molecule has 25 heavy (non-hydrogen) atoms. The Morgan fingerprint density at radius 3 is 2.84 bits per heavy atom. The monoisotopic (exact) mass is 337 g/mol. The number of ether oxygens (including phenoxy) is 1. The van der Waals surface area contributed by atoms with Crippen molar-refractivity contribution in [2.24, 2.45) is 0 Å². The largest absolute Gasteiger partial charge is 0.376 e. The fourth-order valence-electron chi connectivity index (χ4n) is 2.63. The zero-order chi connectivity index (χ0) is 17.6. The molecule has 0 saturated carbocycles. The molecule has 0 radical (unpaired) electrons. The predicted molar refractivity (Wildman–Crippen MR) is 92.5 cm³/mol. The molecule has 128 valence electrons. The number of nitrogens with zero attached hydrogens (tertiary/aromatic N) is 3. The van der Waals surface area contributed by atoms with Gasteiger partial charge in [0.15, 0.2) is 0 Å². The normalized spacial score (nSPS) is 16.2. The van der Waals surface area contributed by atoms with E-state index >= 15 is 0 Å². The molecule has 1 fully saturated rings. The minimum Gasteiger partial charge on any atom is -0.376 e. The summed E-state index contributed by atoms with van der Waals surface area (Å²) >= 11 is 0. The minimum atomic E-state index is -0.246. The van der Waals surface area contributed by atoms with Gasteiger partial charge in [0.05, 0.1) is 17.7 Å². The van der Waals surface area contributed by atoms with Crippen LogP contribution in [0.5, 0.6) is 0 Å². The lowest BCUT2D eigenvalue weighted by Gasteiger charge is -2.12. The van der Waals surface area contributed by atoms with Gasteiger partial charge in [0.25, 0.3) is 5.91 Å². The second-order valence-corrected chi connectivity index (χ2v) is 5.84. The first kappa shape index (κ1) is 16.9. The van der Waals surface area contributed by atoms with Crippen molar-refractivity contribution in [2.45, 2.75) is 25.9 Å². The number of amides is 1. The van der Waals surface area contributed by atoms with E-state index < -0.39 is 0 Å². The summed E-state index contributed by atoms with van der Waals surface area (Å²) in [6.07, 6.45) is 2.09. The van der Waals surface area contributed by atoms with Crippen LogP contribution >= 0.6 is 0 Å². The molecule has 0 bridgehead atoms. The van der Waals surface area contributed by atoms with Gasteiger partial charge in [-0.3, -0.25) is 4.79 Å². The Hall–Kier alpha value is -2.98. The van der Waals surface area contributed by atoms with E-state index in [-0.39, 0.29) is 12.0 Å². The average Bonchev–Trinajstić information content (AvgIpc) is 3.13. The molecule has 1 amide bonds. The number of carbonyl (C=O) groups excluding carboxylic acids is 1. The first-order valence-electron chi connectivity index (χ1n) is 8.17. The number of aromatic nitrogens is 2. The molecule has 1 aliphatic rings. The highest BCUT2D eigenvalue weighted by Crippen LogP contribution is 2.16. The van der Waals surface area contributed by atoms with Crippen molar-refractivity contribution in [3.63, 3.8) is 0 Å². The van der Waals surface area contributed by atoms with E-state index in [9.17, 15) is 4.79 Å². The smallest absolute Gasteiger partial charge is 0.270 e. The zero-order valence-corrected chi connectivity index (χ0v) is 14.0. The summed E-state index contributed by atoms with van der Waals surface area (Å²) in [5.74, 6) is 0.782. The van der Waals surface area contributed by atoms with E-state index in [1.54, 1.807) is 37.3 Å². The molecule has 3 rings (SSSR count). The number of hydrogen-bond donors (Lipinski definition) is 2. The molecule has 1 aromatic carbocycles. The van der Waals surface area contributed by atoms with Gasteiger partial charge in [0.2, 0.25) is 0 Å². The van der Waals surface area contributed by atoms with Crippen LogP contribution in [0.1, 0.15) is 34.7 Å². The molecule has 1 aliphatic heterocycles. The topological polar surface area (TPSA) is 99.9 Å². The van der Waals surface area contributed by atoms with Crippen LogP contribution in [0.2, 0.25) is 0 Å². The van der Waals surface area contributed by atoms with Gasteiger partial charge in [-0.15, -0.1) is 0 Å². The number of nitrogens with one attached hydrogen (secondary N) is 2. The van der Waals surface area contributed by atoms with Gasteiger partial charge in [0.1, 0.15) is 17.3 Å². The van der Waals surface area contributed by atoms with Gasteiger partial charge in [-0.05, 0) is 44.0 Å². The Morgan fingerprint density at radius 2 is 2.16 bits per heavy atom. The molecule has 2 N–H and O–H groups in total. The van der Waals surface area contributed by atoms with Crippen LogP contribution in [-0.4, -0.2) is 35.1 Å². The highest BCUT2D eigenvalue weighted by atomic mass is 16.5. The van der Waals surface area contributed by atoms with Gasteiger partial charge in [-0.1, -0.05) is 0 Å². The molecule has 7 nitrogen and oxygen atoms in total. The summed E-state index contributed by atoms with van der Waals surface area (Å²) < 4.78 is 5.50. The Labute approximate surface area is 146 Å². The number of anilines is 2. The first-order chi connectivity index (χ1) is 12.1. The van der Waals surface area contributed by atoms with Gasteiger partial charge < -0.3 is 15.4 Å². The molecule has 7 heteroatoms. The fraction of sp³-hybridized carbons (Fsp3) is 0.333. The molecule has 1 unspecified atom stereocenters. The third-order valence-corrected chi connectivity index (χ3v) is 3.87. The lowest BCUT2D eigenvalue weighted by Crippen LogP contribution is -2.32. The van der Waals surface area contributed by atoms with E-state index in [1.807, 2.05) is 0 Å². The van der Waals surface area contributed by atoms with Gasteiger partial charge in [-0.25, -0.2) is 9.97 Å². The van der Waals surface area contributed by atoms with Crippen LogP contribution in [0.4, 0.5) is 11.5 Å². The molecule has 1 aromatic heterocycles. The summed E-state index contributed by atoms with van der Waals surface area (Å²) in [4.78, 5) is 20.8. The Morgan fingerprint density at radius 1 is 1.36 bits per heavy atom. The second kappa shape index (κ2) is 7.73. The summed E-state index contributed by atoms with van der Waals surface area (Å²) in [6, 6.07) is 10.7. The second-order valence-electron chi connectivity index (χ2n) is 5.84. The standard InChI is InChI=1S/C18H19N5O2/c1-12-21-16(18(24)20-11-15-3-2-8-25-15)9-17(22-12)23-14-6-4-13(10-19)5-7-14/h4-7,9,15H,2-3,8,11H2,1H3,(H,20,24)(H,21,22,23).